The number of hydrogen-bond donors (Lipinski definition) is 0. The summed E-state index contributed by atoms with van der Waals surface area (Å²) >= 11 is -3.44. The molecule has 0 aliphatic carbocycles. The summed E-state index contributed by atoms with van der Waals surface area (Å²) in [5, 5.41) is 0. The van der Waals surface area contributed by atoms with E-state index < -0.39 is 18.4 Å². The third kappa shape index (κ3) is 18.1. The fourth-order valence-corrected chi connectivity index (χ4v) is 19.5. The molecule has 0 saturated heterocycles. The number of rotatable bonds is 28. The Kier molecular flexibility index (Phi) is 25.9. The summed E-state index contributed by atoms with van der Waals surface area (Å²) in [6, 6.07) is 0. The molecule has 0 heterocycles. The molecule has 0 aliphatic heterocycles. The average molecular weight is 600 g/mol. The van der Waals surface area contributed by atoms with Gasteiger partial charge in [-0.05, 0) is 0 Å². The van der Waals surface area contributed by atoms with Crippen molar-refractivity contribution < 1.29 is 9.59 Å². The molecule has 35 heavy (non-hydrogen) atoms. The van der Waals surface area contributed by atoms with Gasteiger partial charge in [0, 0.05) is 0 Å². The van der Waals surface area contributed by atoms with Crippen LogP contribution in [0.25, 0.3) is 0 Å². The van der Waals surface area contributed by atoms with Crippen LogP contribution >= 0.6 is 0 Å². The minimum atomic E-state index is -3.44. The molecule has 0 rings (SSSR count). The first kappa shape index (κ1) is 35.1. The monoisotopic (exact) mass is 600 g/mol. The van der Waals surface area contributed by atoms with Gasteiger partial charge in [0.1, 0.15) is 0 Å². The van der Waals surface area contributed by atoms with Gasteiger partial charge in [-0.15, -0.1) is 0 Å². The molecular formula is C32H64O2Sn. The minimum absolute atomic E-state index is 0.491. The Morgan fingerprint density at radius 2 is 0.629 bits per heavy atom. The summed E-state index contributed by atoms with van der Waals surface area (Å²) < 4.78 is 2.98. The predicted octanol–water partition coefficient (Wildman–Crippen LogP) is 11.1. The van der Waals surface area contributed by atoms with Crippen LogP contribution in [-0.2, 0) is 9.59 Å². The third-order valence-corrected chi connectivity index (χ3v) is 22.4. The van der Waals surface area contributed by atoms with E-state index in [1.54, 1.807) is 0 Å². The van der Waals surface area contributed by atoms with Gasteiger partial charge in [0.05, 0.1) is 0 Å². The van der Waals surface area contributed by atoms with Crippen LogP contribution in [0.5, 0.6) is 0 Å². The predicted molar refractivity (Wildman–Crippen MR) is 159 cm³/mol. The third-order valence-electron chi connectivity index (χ3n) is 8.00. The van der Waals surface area contributed by atoms with Gasteiger partial charge in [-0.1, -0.05) is 0 Å². The van der Waals surface area contributed by atoms with E-state index in [9.17, 15) is 9.59 Å². The van der Waals surface area contributed by atoms with Crippen molar-refractivity contribution in [3.63, 3.8) is 0 Å². The van der Waals surface area contributed by atoms with Crippen molar-refractivity contribution in [3.8, 4) is 0 Å². The van der Waals surface area contributed by atoms with Crippen molar-refractivity contribution in [1.29, 1.82) is 0 Å². The summed E-state index contributed by atoms with van der Waals surface area (Å²) in [7, 11) is 0. The molecule has 0 aromatic heterocycles. The van der Waals surface area contributed by atoms with E-state index in [4.69, 9.17) is 0 Å². The van der Waals surface area contributed by atoms with Crippen LogP contribution in [0.15, 0.2) is 0 Å². The first-order valence-corrected chi connectivity index (χ1v) is 23.0. The molecule has 0 unspecified atom stereocenters. The SMILES string of the molecule is CCCCCCCCCCC[C](=O)[Sn]([CH2]CCC)([CH2]CCC)[C](=O)CCCCCCCCCCC. The molecule has 0 spiro atoms. The van der Waals surface area contributed by atoms with Gasteiger partial charge in [0.2, 0.25) is 0 Å². The maximum absolute atomic E-state index is 13.7. The van der Waals surface area contributed by atoms with Crippen molar-refractivity contribution in [1.82, 2.24) is 0 Å². The van der Waals surface area contributed by atoms with Crippen LogP contribution < -0.4 is 0 Å². The molecule has 208 valence electrons. The Hall–Kier alpha value is 0.139. The summed E-state index contributed by atoms with van der Waals surface area (Å²) in [5.41, 5.74) is 0. The van der Waals surface area contributed by atoms with Crippen molar-refractivity contribution >= 4 is 26.0 Å². The van der Waals surface area contributed by atoms with E-state index >= 15 is 0 Å². The molecule has 0 N–H and O–H groups in total. The van der Waals surface area contributed by atoms with Crippen LogP contribution in [0.3, 0.4) is 0 Å². The first-order chi connectivity index (χ1) is 17.1. The van der Waals surface area contributed by atoms with Gasteiger partial charge in [-0.25, -0.2) is 0 Å². The van der Waals surface area contributed by atoms with Crippen molar-refractivity contribution in [2.24, 2.45) is 0 Å². The van der Waals surface area contributed by atoms with Crippen LogP contribution in [0, 0.1) is 0 Å². The van der Waals surface area contributed by atoms with Gasteiger partial charge in [-0.3, -0.25) is 0 Å². The van der Waals surface area contributed by atoms with Crippen molar-refractivity contribution in [3.05, 3.63) is 0 Å². The molecule has 0 saturated carbocycles. The standard InChI is InChI=1S/2C12H23O.2C4H9.Sn/c2*1-2-3-4-5-6-7-8-9-10-11-12-13;2*1-3-4-2;/h2*2-11H2,1H3;2*1,3-4H2,2H3;. The Bertz CT molecular complexity index is 444. The second kappa shape index (κ2) is 25.8. The van der Waals surface area contributed by atoms with Crippen LogP contribution in [-0.4, -0.2) is 26.0 Å². The molecule has 0 aromatic carbocycles. The van der Waals surface area contributed by atoms with Crippen molar-refractivity contribution in [2.75, 3.05) is 0 Å². The summed E-state index contributed by atoms with van der Waals surface area (Å²) in [6.45, 7) is 8.97. The molecule has 0 aromatic rings. The van der Waals surface area contributed by atoms with Gasteiger partial charge in [-0.2, -0.15) is 0 Å². The Morgan fingerprint density at radius 3 is 0.914 bits per heavy atom. The second-order valence-electron chi connectivity index (χ2n) is 11.3. The van der Waals surface area contributed by atoms with Crippen LogP contribution in [0.4, 0.5) is 0 Å². The topological polar surface area (TPSA) is 34.1 Å². The number of carbonyl (C=O) groups excluding carboxylic acids is 2. The normalized spacial score (nSPS) is 11.8. The quantitative estimate of drug-likeness (QED) is 0.0662. The second-order valence-corrected chi connectivity index (χ2v) is 23.5. The first-order valence-electron chi connectivity index (χ1n) is 16.2. The molecule has 0 radical (unpaired) electrons. The van der Waals surface area contributed by atoms with Gasteiger partial charge in [0.25, 0.3) is 0 Å². The fraction of sp³-hybridized carbons (Fsp3) is 0.938. The maximum atomic E-state index is 13.7. The van der Waals surface area contributed by atoms with Gasteiger partial charge in [0.15, 0.2) is 0 Å². The molecular weight excluding hydrogens is 535 g/mol. The van der Waals surface area contributed by atoms with Crippen LogP contribution in [0.2, 0.25) is 8.87 Å². The molecule has 3 heteroatoms. The summed E-state index contributed by atoms with van der Waals surface area (Å²) in [5.74, 6) is 0. The van der Waals surface area contributed by atoms with E-state index in [2.05, 4.69) is 27.7 Å². The molecule has 0 atom stereocenters. The average Bonchev–Trinajstić information content (AvgIpc) is 2.86. The number of carbonyl (C=O) groups is 2. The van der Waals surface area contributed by atoms with Crippen LogP contribution in [0.1, 0.15) is 182 Å². The number of unbranched alkanes of at least 4 members (excludes halogenated alkanes) is 18. The zero-order chi connectivity index (χ0) is 26.0. The van der Waals surface area contributed by atoms with E-state index in [1.165, 1.54) is 103 Å². The fourth-order valence-electron chi connectivity index (χ4n) is 5.47. The zero-order valence-corrected chi connectivity index (χ0v) is 27.6. The summed E-state index contributed by atoms with van der Waals surface area (Å²) in [4.78, 5) is 27.3. The molecule has 0 amide bonds. The molecule has 0 aliphatic rings. The Labute approximate surface area is 225 Å². The molecule has 2 nitrogen and oxygen atoms in total. The molecule has 0 bridgehead atoms. The van der Waals surface area contributed by atoms with E-state index in [0.29, 0.717) is 20.4 Å². The Morgan fingerprint density at radius 1 is 0.371 bits per heavy atom. The van der Waals surface area contributed by atoms with Gasteiger partial charge >= 0.3 is 226 Å². The Balaban J connectivity index is 4.60. The van der Waals surface area contributed by atoms with E-state index in [-0.39, 0.29) is 0 Å². The zero-order valence-electron chi connectivity index (χ0n) is 24.7. The van der Waals surface area contributed by atoms with Crippen molar-refractivity contribution in [2.45, 2.75) is 191 Å². The van der Waals surface area contributed by atoms with E-state index in [0.717, 1.165) is 47.4 Å². The van der Waals surface area contributed by atoms with E-state index in [1.807, 2.05) is 0 Å². The summed E-state index contributed by atoms with van der Waals surface area (Å²) in [6.07, 6.45) is 28.9. The number of hydrogen-bond acceptors (Lipinski definition) is 2. The molecule has 0 fully saturated rings. The van der Waals surface area contributed by atoms with Gasteiger partial charge < -0.3 is 0 Å².